The minimum atomic E-state index is -0.643. The van der Waals surface area contributed by atoms with E-state index in [0.29, 0.717) is 5.69 Å². The van der Waals surface area contributed by atoms with Crippen molar-refractivity contribution in [3.05, 3.63) is 11.9 Å². The van der Waals surface area contributed by atoms with Crippen molar-refractivity contribution in [1.29, 1.82) is 0 Å². The molecule has 2 aromatic heterocycles. The van der Waals surface area contributed by atoms with Gasteiger partial charge in [-0.3, -0.25) is 4.79 Å². The lowest BCUT2D eigenvalue weighted by Gasteiger charge is -2.22. The summed E-state index contributed by atoms with van der Waals surface area (Å²) >= 11 is 0. The number of carbonyl (C=O) groups excluding carboxylic acids is 1. The summed E-state index contributed by atoms with van der Waals surface area (Å²) in [6.07, 6.45) is 1.60. The average Bonchev–Trinajstić information content (AvgIpc) is 2.83. The van der Waals surface area contributed by atoms with E-state index in [1.807, 2.05) is 13.8 Å². The summed E-state index contributed by atoms with van der Waals surface area (Å²) in [5.41, 5.74) is 5.47. The molecular weight excluding hydrogens is 238 g/mol. The lowest BCUT2D eigenvalue weighted by atomic mass is 10.0. The van der Waals surface area contributed by atoms with Gasteiger partial charge >= 0.3 is 0 Å². The predicted octanol–water partition coefficient (Wildman–Crippen LogP) is -0.396. The topological polar surface area (TPSA) is 125 Å². The zero-order chi connectivity index (χ0) is 13.3. The monoisotopic (exact) mass is 251 g/mol. The minimum absolute atomic E-state index is 0.115. The Morgan fingerprint density at radius 1 is 1.50 bits per heavy atom. The quantitative estimate of drug-likeness (QED) is 0.760. The van der Waals surface area contributed by atoms with E-state index in [2.05, 4.69) is 30.6 Å². The molecule has 96 valence electrons. The van der Waals surface area contributed by atoms with Crippen LogP contribution in [0.1, 0.15) is 26.5 Å². The van der Waals surface area contributed by atoms with Gasteiger partial charge in [0.1, 0.15) is 5.69 Å². The molecule has 0 radical (unpaired) electrons. The van der Waals surface area contributed by atoms with Gasteiger partial charge in [-0.1, -0.05) is 5.21 Å². The van der Waals surface area contributed by atoms with Crippen molar-refractivity contribution < 1.29 is 9.42 Å². The van der Waals surface area contributed by atoms with Gasteiger partial charge in [0.05, 0.1) is 11.7 Å². The number of hydrogen-bond acceptors (Lipinski definition) is 7. The fourth-order valence-electron chi connectivity index (χ4n) is 1.51. The summed E-state index contributed by atoms with van der Waals surface area (Å²) in [4.78, 5) is 11.1. The molecule has 0 saturated heterocycles. The molecule has 0 aliphatic carbocycles. The van der Waals surface area contributed by atoms with Crippen molar-refractivity contribution in [3.8, 4) is 5.82 Å². The van der Waals surface area contributed by atoms with E-state index in [1.54, 1.807) is 6.20 Å². The van der Waals surface area contributed by atoms with Crippen LogP contribution in [-0.4, -0.2) is 31.2 Å². The maximum absolute atomic E-state index is 11.1. The average molecular weight is 251 g/mol. The number of rotatable bonds is 3. The first kappa shape index (κ1) is 12.0. The maximum Gasteiger partial charge on any atom is 0.243 e. The number of nitrogens with one attached hydrogen (secondary N) is 1. The third-order valence-electron chi connectivity index (χ3n) is 2.33. The van der Waals surface area contributed by atoms with Gasteiger partial charge in [-0.15, -0.1) is 5.10 Å². The van der Waals surface area contributed by atoms with Gasteiger partial charge in [-0.05, 0) is 24.2 Å². The summed E-state index contributed by atoms with van der Waals surface area (Å²) in [6.45, 7) is 5.06. The molecule has 2 heterocycles. The van der Waals surface area contributed by atoms with Crippen molar-refractivity contribution in [2.24, 2.45) is 0 Å². The van der Waals surface area contributed by atoms with Gasteiger partial charge in [0, 0.05) is 6.92 Å². The normalized spacial score (nSPS) is 11.5. The lowest BCUT2D eigenvalue weighted by molar-refractivity contribution is -0.120. The molecule has 0 aliphatic heterocycles. The Morgan fingerprint density at radius 3 is 2.78 bits per heavy atom. The number of nitrogens with two attached hydrogens (primary N) is 1. The Morgan fingerprint density at radius 2 is 2.22 bits per heavy atom. The van der Waals surface area contributed by atoms with Crippen molar-refractivity contribution in [2.45, 2.75) is 26.3 Å². The number of carbonyl (C=O) groups is 1. The number of nitrogens with zero attached hydrogens (tertiary/aromatic N) is 5. The minimum Gasteiger partial charge on any atom is -0.378 e. The van der Waals surface area contributed by atoms with E-state index in [0.717, 1.165) is 0 Å². The van der Waals surface area contributed by atoms with Crippen LogP contribution >= 0.6 is 0 Å². The van der Waals surface area contributed by atoms with E-state index in [1.165, 1.54) is 11.6 Å². The van der Waals surface area contributed by atoms with Gasteiger partial charge in [-0.25, -0.2) is 4.63 Å². The molecule has 0 fully saturated rings. The Bertz CT molecular complexity index is 571. The van der Waals surface area contributed by atoms with Gasteiger partial charge in [0.2, 0.25) is 17.5 Å². The Kier molecular flexibility index (Phi) is 2.73. The molecule has 18 heavy (non-hydrogen) atoms. The molecule has 2 rings (SSSR count). The van der Waals surface area contributed by atoms with Crippen LogP contribution in [0.15, 0.2) is 10.8 Å². The van der Waals surface area contributed by atoms with Crippen molar-refractivity contribution in [3.63, 3.8) is 0 Å². The standard InChI is InChI=1S/C9H13N7O2/c1-5(17)11-9(2,3)6-4-16(15-12-6)8-7(10)13-18-14-8/h4H,1-3H3,(H2,10,13)(H,11,17). The third-order valence-corrected chi connectivity index (χ3v) is 2.33. The largest absolute Gasteiger partial charge is 0.378 e. The van der Waals surface area contributed by atoms with Crippen molar-refractivity contribution >= 4 is 11.7 Å². The smallest absolute Gasteiger partial charge is 0.243 e. The molecule has 9 nitrogen and oxygen atoms in total. The molecule has 0 saturated carbocycles. The molecule has 0 aliphatic rings. The Balaban J connectivity index is 2.31. The van der Waals surface area contributed by atoms with E-state index in [4.69, 9.17) is 5.73 Å². The molecule has 0 aromatic carbocycles. The summed E-state index contributed by atoms with van der Waals surface area (Å²) in [6, 6.07) is 0. The number of hydrogen-bond donors (Lipinski definition) is 2. The van der Waals surface area contributed by atoms with Gasteiger partial charge in [0.25, 0.3) is 0 Å². The zero-order valence-corrected chi connectivity index (χ0v) is 10.2. The first-order valence-corrected chi connectivity index (χ1v) is 5.20. The molecular formula is C9H13N7O2. The fourth-order valence-corrected chi connectivity index (χ4v) is 1.51. The number of aromatic nitrogens is 5. The van der Waals surface area contributed by atoms with E-state index >= 15 is 0 Å². The number of anilines is 1. The van der Waals surface area contributed by atoms with Crippen molar-refractivity contribution in [1.82, 2.24) is 30.6 Å². The first-order chi connectivity index (χ1) is 8.40. The van der Waals surface area contributed by atoms with Gasteiger partial charge in [-0.2, -0.15) is 4.68 Å². The maximum atomic E-state index is 11.1. The second-order valence-electron chi connectivity index (χ2n) is 4.33. The molecule has 0 spiro atoms. The molecule has 0 bridgehead atoms. The predicted molar refractivity (Wildman–Crippen MR) is 60.5 cm³/mol. The SMILES string of the molecule is CC(=O)NC(C)(C)c1cn(-c2nonc2N)nn1. The van der Waals surface area contributed by atoms with Crippen LogP contribution in [0.3, 0.4) is 0 Å². The second kappa shape index (κ2) is 4.09. The zero-order valence-electron chi connectivity index (χ0n) is 10.2. The highest BCUT2D eigenvalue weighted by atomic mass is 16.6. The molecule has 9 heteroatoms. The summed E-state index contributed by atoms with van der Waals surface area (Å²) in [5.74, 6) is 0.216. The van der Waals surface area contributed by atoms with Gasteiger partial charge < -0.3 is 11.1 Å². The van der Waals surface area contributed by atoms with Crippen LogP contribution < -0.4 is 11.1 Å². The lowest BCUT2D eigenvalue weighted by Crippen LogP contribution is -2.39. The summed E-state index contributed by atoms with van der Waals surface area (Å²) in [7, 11) is 0. The van der Waals surface area contributed by atoms with Crippen LogP contribution in [0.2, 0.25) is 0 Å². The number of amides is 1. The fraction of sp³-hybridized carbons (Fsp3) is 0.444. The Hall–Kier alpha value is -2.45. The van der Waals surface area contributed by atoms with Crippen LogP contribution in [0, 0.1) is 0 Å². The third kappa shape index (κ3) is 2.14. The van der Waals surface area contributed by atoms with Crippen LogP contribution in [0.25, 0.3) is 5.82 Å². The first-order valence-electron chi connectivity index (χ1n) is 5.20. The van der Waals surface area contributed by atoms with Crippen LogP contribution in [0.5, 0.6) is 0 Å². The molecule has 0 atom stereocenters. The van der Waals surface area contributed by atoms with E-state index in [9.17, 15) is 4.79 Å². The van der Waals surface area contributed by atoms with Gasteiger partial charge in [0.15, 0.2) is 0 Å². The highest BCUT2D eigenvalue weighted by Crippen LogP contribution is 2.19. The molecule has 3 N–H and O–H groups in total. The van der Waals surface area contributed by atoms with Crippen molar-refractivity contribution in [2.75, 3.05) is 5.73 Å². The Labute approximate surface area is 102 Å². The second-order valence-corrected chi connectivity index (χ2v) is 4.33. The molecule has 2 aromatic rings. The van der Waals surface area contributed by atoms with Crippen LogP contribution in [0.4, 0.5) is 5.82 Å². The number of nitrogen functional groups attached to an aromatic ring is 1. The van der Waals surface area contributed by atoms with E-state index in [-0.39, 0.29) is 17.5 Å². The highest BCUT2D eigenvalue weighted by Gasteiger charge is 2.26. The summed E-state index contributed by atoms with van der Waals surface area (Å²) in [5, 5.41) is 17.7. The van der Waals surface area contributed by atoms with Crippen LogP contribution in [-0.2, 0) is 10.3 Å². The molecule has 0 unspecified atom stereocenters. The molecule has 1 amide bonds. The highest BCUT2D eigenvalue weighted by molar-refractivity contribution is 5.73. The summed E-state index contributed by atoms with van der Waals surface area (Å²) < 4.78 is 5.81. The van der Waals surface area contributed by atoms with E-state index < -0.39 is 5.54 Å².